The van der Waals surface area contributed by atoms with Crippen molar-refractivity contribution < 1.29 is 13.6 Å². The van der Waals surface area contributed by atoms with E-state index < -0.39 is 0 Å². The van der Waals surface area contributed by atoms with E-state index in [1.54, 1.807) is 6.26 Å². The van der Waals surface area contributed by atoms with Gasteiger partial charge in [-0.25, -0.2) is 4.79 Å². The number of likely N-dealkylation sites (tertiary alicyclic amines) is 1. The van der Waals surface area contributed by atoms with Gasteiger partial charge < -0.3 is 14.2 Å². The lowest BCUT2D eigenvalue weighted by molar-refractivity contribution is -0.121. The fraction of sp³-hybridized carbons (Fsp3) is 0.364. The zero-order chi connectivity index (χ0) is 19.7. The summed E-state index contributed by atoms with van der Waals surface area (Å²) in [6, 6.07) is 9.05. The number of furan rings is 1. The number of carbonyl (C=O) groups is 1. The number of piperidine rings is 1. The molecular formula is C22H24N2O4. The van der Waals surface area contributed by atoms with Crippen LogP contribution in [-0.2, 0) is 11.3 Å². The number of amides is 1. The number of carbonyl (C=O) groups excluding carboxylic acids is 1. The van der Waals surface area contributed by atoms with Crippen molar-refractivity contribution in [3.63, 3.8) is 0 Å². The van der Waals surface area contributed by atoms with Crippen LogP contribution in [0.2, 0.25) is 0 Å². The smallest absolute Gasteiger partial charge is 0.336 e. The molecule has 1 aromatic carbocycles. The first kappa shape index (κ1) is 18.5. The molecule has 1 saturated heterocycles. The number of benzene rings is 1. The highest BCUT2D eigenvalue weighted by atomic mass is 16.4. The minimum Gasteiger partial charge on any atom is -0.468 e. The average molecular weight is 380 g/mol. The molecule has 3 heterocycles. The summed E-state index contributed by atoms with van der Waals surface area (Å²) in [7, 11) is 0. The van der Waals surface area contributed by atoms with Crippen LogP contribution in [0.15, 0.2) is 50.2 Å². The van der Waals surface area contributed by atoms with Crippen LogP contribution in [-0.4, -0.2) is 23.9 Å². The lowest BCUT2D eigenvalue weighted by Gasteiger charge is -2.30. The summed E-state index contributed by atoms with van der Waals surface area (Å²) in [6.07, 6.45) is 3.34. The molecule has 1 amide bonds. The molecule has 0 radical (unpaired) electrons. The molecule has 146 valence electrons. The predicted molar refractivity (Wildman–Crippen MR) is 107 cm³/mol. The van der Waals surface area contributed by atoms with Crippen LogP contribution in [0.3, 0.4) is 0 Å². The summed E-state index contributed by atoms with van der Waals surface area (Å²) in [6.45, 7) is 6.31. The zero-order valence-electron chi connectivity index (χ0n) is 16.2. The Kier molecular flexibility index (Phi) is 5.05. The fourth-order valence-corrected chi connectivity index (χ4v) is 3.81. The molecule has 0 saturated carbocycles. The summed E-state index contributed by atoms with van der Waals surface area (Å²) in [5.74, 6) is 1.00. The number of aryl methyl sites for hydroxylation is 2. The molecule has 0 aliphatic carbocycles. The molecule has 6 nitrogen and oxygen atoms in total. The normalized spacial score (nSPS) is 15.8. The van der Waals surface area contributed by atoms with E-state index in [2.05, 4.69) is 10.2 Å². The van der Waals surface area contributed by atoms with Gasteiger partial charge in [-0.3, -0.25) is 9.69 Å². The van der Waals surface area contributed by atoms with Gasteiger partial charge in [0.2, 0.25) is 5.91 Å². The summed E-state index contributed by atoms with van der Waals surface area (Å²) in [4.78, 5) is 26.7. The molecule has 6 heteroatoms. The molecule has 1 N–H and O–H groups in total. The third-order valence-corrected chi connectivity index (χ3v) is 5.47. The standard InChI is InChI=1S/C22H24N2O4/c1-14-11-21(25)28-20-10-15(2)19(12-18(14)20)23-22(26)16-5-7-24(8-6-16)13-17-4-3-9-27-17/h3-4,9-12,16H,5-8,13H2,1-2H3,(H,23,26). The van der Waals surface area contributed by atoms with Gasteiger partial charge >= 0.3 is 5.63 Å². The number of nitrogens with zero attached hydrogens (tertiary/aromatic N) is 1. The van der Waals surface area contributed by atoms with Crippen LogP contribution in [0.25, 0.3) is 11.0 Å². The Hall–Kier alpha value is -2.86. The van der Waals surface area contributed by atoms with Gasteiger partial charge in [-0.15, -0.1) is 0 Å². The molecule has 0 unspecified atom stereocenters. The third kappa shape index (κ3) is 3.87. The van der Waals surface area contributed by atoms with Gasteiger partial charge in [0.25, 0.3) is 0 Å². The molecule has 4 rings (SSSR count). The van der Waals surface area contributed by atoms with E-state index in [1.807, 2.05) is 38.1 Å². The van der Waals surface area contributed by atoms with Crippen LogP contribution >= 0.6 is 0 Å². The largest absolute Gasteiger partial charge is 0.468 e. The van der Waals surface area contributed by atoms with Crippen molar-refractivity contribution in [1.29, 1.82) is 0 Å². The second kappa shape index (κ2) is 7.64. The van der Waals surface area contributed by atoms with Gasteiger partial charge in [0, 0.05) is 23.1 Å². The van der Waals surface area contributed by atoms with Crippen molar-refractivity contribution in [1.82, 2.24) is 4.90 Å². The molecule has 3 aromatic rings. The fourth-order valence-electron chi connectivity index (χ4n) is 3.81. The van der Waals surface area contributed by atoms with Crippen LogP contribution in [0.4, 0.5) is 5.69 Å². The molecule has 1 fully saturated rings. The molecule has 0 bridgehead atoms. The van der Waals surface area contributed by atoms with Crippen molar-refractivity contribution in [3.05, 3.63) is 63.9 Å². The van der Waals surface area contributed by atoms with Gasteiger partial charge in [0.15, 0.2) is 0 Å². The number of hydrogen-bond acceptors (Lipinski definition) is 5. The monoisotopic (exact) mass is 380 g/mol. The maximum absolute atomic E-state index is 12.8. The van der Waals surface area contributed by atoms with Crippen molar-refractivity contribution in [2.75, 3.05) is 18.4 Å². The minimum absolute atomic E-state index is 0.00208. The van der Waals surface area contributed by atoms with Crippen LogP contribution < -0.4 is 10.9 Å². The number of hydrogen-bond donors (Lipinski definition) is 1. The van der Waals surface area contributed by atoms with E-state index >= 15 is 0 Å². The van der Waals surface area contributed by atoms with Gasteiger partial charge in [-0.1, -0.05) is 0 Å². The topological polar surface area (TPSA) is 75.7 Å². The van der Waals surface area contributed by atoms with E-state index in [0.717, 1.165) is 60.4 Å². The highest BCUT2D eigenvalue weighted by Gasteiger charge is 2.25. The molecule has 28 heavy (non-hydrogen) atoms. The number of rotatable bonds is 4. The summed E-state index contributed by atoms with van der Waals surface area (Å²) < 4.78 is 10.7. The quantitative estimate of drug-likeness (QED) is 0.696. The summed E-state index contributed by atoms with van der Waals surface area (Å²) in [5.41, 5.74) is 2.68. The van der Waals surface area contributed by atoms with Crippen LogP contribution in [0, 0.1) is 19.8 Å². The van der Waals surface area contributed by atoms with Crippen molar-refractivity contribution in [2.24, 2.45) is 5.92 Å². The Morgan fingerprint density at radius 3 is 2.68 bits per heavy atom. The van der Waals surface area contributed by atoms with Gasteiger partial charge in [0.05, 0.1) is 12.8 Å². The second-order valence-corrected chi connectivity index (χ2v) is 7.53. The van der Waals surface area contributed by atoms with E-state index in [-0.39, 0.29) is 17.5 Å². The maximum Gasteiger partial charge on any atom is 0.336 e. The van der Waals surface area contributed by atoms with Gasteiger partial charge in [-0.05, 0) is 75.2 Å². The number of nitrogens with one attached hydrogen (secondary N) is 1. The lowest BCUT2D eigenvalue weighted by Crippen LogP contribution is -2.37. The molecular weight excluding hydrogens is 356 g/mol. The third-order valence-electron chi connectivity index (χ3n) is 5.47. The minimum atomic E-state index is -0.359. The molecule has 0 atom stereocenters. The Balaban J connectivity index is 1.42. The van der Waals surface area contributed by atoms with E-state index in [1.165, 1.54) is 6.07 Å². The van der Waals surface area contributed by atoms with Crippen LogP contribution in [0.5, 0.6) is 0 Å². The first-order chi connectivity index (χ1) is 13.5. The van der Waals surface area contributed by atoms with Crippen molar-refractivity contribution in [3.8, 4) is 0 Å². The SMILES string of the molecule is Cc1cc2oc(=O)cc(C)c2cc1NC(=O)C1CCN(Cc2ccco2)CC1. The number of fused-ring (bicyclic) bond motifs is 1. The lowest BCUT2D eigenvalue weighted by atomic mass is 9.95. The van der Waals surface area contributed by atoms with Crippen molar-refractivity contribution in [2.45, 2.75) is 33.2 Å². The van der Waals surface area contributed by atoms with E-state index in [4.69, 9.17) is 8.83 Å². The van der Waals surface area contributed by atoms with E-state index in [0.29, 0.717) is 5.58 Å². The van der Waals surface area contributed by atoms with Gasteiger partial charge in [0.1, 0.15) is 11.3 Å². The maximum atomic E-state index is 12.8. The first-order valence-corrected chi connectivity index (χ1v) is 9.60. The highest BCUT2D eigenvalue weighted by Crippen LogP contribution is 2.27. The molecule has 1 aliphatic heterocycles. The molecule has 0 spiro atoms. The second-order valence-electron chi connectivity index (χ2n) is 7.53. The Labute approximate surface area is 163 Å². The summed E-state index contributed by atoms with van der Waals surface area (Å²) >= 11 is 0. The van der Waals surface area contributed by atoms with Gasteiger partial charge in [-0.2, -0.15) is 0 Å². The molecule has 2 aromatic heterocycles. The average Bonchev–Trinajstić information content (AvgIpc) is 3.16. The first-order valence-electron chi connectivity index (χ1n) is 9.60. The zero-order valence-corrected chi connectivity index (χ0v) is 16.2. The van der Waals surface area contributed by atoms with Crippen LogP contribution in [0.1, 0.15) is 29.7 Å². The number of anilines is 1. The Morgan fingerprint density at radius 2 is 1.96 bits per heavy atom. The Morgan fingerprint density at radius 1 is 1.18 bits per heavy atom. The summed E-state index contributed by atoms with van der Waals surface area (Å²) in [5, 5.41) is 3.92. The van der Waals surface area contributed by atoms with E-state index in [9.17, 15) is 9.59 Å². The van der Waals surface area contributed by atoms with Crippen molar-refractivity contribution >= 4 is 22.6 Å². The Bertz CT molecular complexity index is 1040. The molecule has 1 aliphatic rings. The predicted octanol–water partition coefficient (Wildman–Crippen LogP) is 3.85. The highest BCUT2D eigenvalue weighted by molar-refractivity contribution is 5.96.